The average Bonchev–Trinajstić information content (AvgIpc) is 2.94. The first-order valence-electron chi connectivity index (χ1n) is 10.4. The Morgan fingerprint density at radius 3 is 2.71 bits per heavy atom. The second-order valence-electron chi connectivity index (χ2n) is 7.31. The zero-order valence-corrected chi connectivity index (χ0v) is 17.1. The highest BCUT2D eigenvalue weighted by molar-refractivity contribution is 5.98. The zero-order valence-electron chi connectivity index (χ0n) is 17.1. The lowest BCUT2D eigenvalue weighted by atomic mass is 10.1. The Labute approximate surface area is 178 Å². The second kappa shape index (κ2) is 9.51. The van der Waals surface area contributed by atoms with Crippen LogP contribution in [-0.2, 0) is 16.1 Å². The molecule has 1 aliphatic heterocycles. The van der Waals surface area contributed by atoms with Gasteiger partial charge in [0.1, 0.15) is 0 Å². The molecule has 0 saturated carbocycles. The number of hydrogen-bond acceptors (Lipinski definition) is 6. The van der Waals surface area contributed by atoms with Crippen LogP contribution in [0.15, 0.2) is 47.3 Å². The summed E-state index contributed by atoms with van der Waals surface area (Å²) in [4.78, 5) is 39.3. The Hall–Kier alpha value is -3.55. The van der Waals surface area contributed by atoms with Crippen molar-refractivity contribution in [1.29, 1.82) is 0 Å². The third-order valence-corrected chi connectivity index (χ3v) is 5.10. The molecule has 8 heteroatoms. The average molecular weight is 424 g/mol. The van der Waals surface area contributed by atoms with Gasteiger partial charge in [-0.1, -0.05) is 12.1 Å². The van der Waals surface area contributed by atoms with Crippen LogP contribution in [0.4, 0.5) is 0 Å². The van der Waals surface area contributed by atoms with Crippen LogP contribution in [0.5, 0.6) is 11.5 Å². The van der Waals surface area contributed by atoms with Gasteiger partial charge in [0.15, 0.2) is 17.3 Å². The van der Waals surface area contributed by atoms with Crippen molar-refractivity contribution in [3.05, 3.63) is 58.5 Å². The highest BCUT2D eigenvalue weighted by Gasteiger charge is 2.15. The number of benzene rings is 2. The fourth-order valence-corrected chi connectivity index (χ4v) is 3.51. The summed E-state index contributed by atoms with van der Waals surface area (Å²) in [5.41, 5.74) is 1.89. The number of carbonyl (C=O) groups excluding carboxylic acids is 2. The van der Waals surface area contributed by atoms with Crippen LogP contribution in [0.1, 0.15) is 36.0 Å². The van der Waals surface area contributed by atoms with Crippen molar-refractivity contribution >= 4 is 22.8 Å². The summed E-state index contributed by atoms with van der Waals surface area (Å²) in [6.45, 7) is 1.75. The first-order valence-corrected chi connectivity index (χ1v) is 10.4. The highest BCUT2D eigenvalue weighted by Crippen LogP contribution is 2.30. The van der Waals surface area contributed by atoms with E-state index in [1.54, 1.807) is 22.8 Å². The molecule has 8 nitrogen and oxygen atoms in total. The maximum absolute atomic E-state index is 12.4. The summed E-state index contributed by atoms with van der Waals surface area (Å²) in [7, 11) is 0. The molecule has 0 aliphatic carbocycles. The molecule has 2 aromatic carbocycles. The van der Waals surface area contributed by atoms with Gasteiger partial charge in [0.25, 0.3) is 0 Å². The maximum atomic E-state index is 12.4. The third kappa shape index (κ3) is 4.96. The van der Waals surface area contributed by atoms with Gasteiger partial charge in [0, 0.05) is 24.9 Å². The van der Waals surface area contributed by atoms with Crippen LogP contribution >= 0.6 is 0 Å². The van der Waals surface area contributed by atoms with Gasteiger partial charge in [0.2, 0.25) is 0 Å². The molecule has 0 amide bonds. The number of hydrogen-bond donors (Lipinski definition) is 1. The Kier molecular flexibility index (Phi) is 6.35. The first-order chi connectivity index (χ1) is 15.1. The number of para-hydroxylation sites is 2. The quantitative estimate of drug-likeness (QED) is 0.339. The third-order valence-electron chi connectivity index (χ3n) is 5.10. The number of H-pyrrole nitrogens is 1. The molecule has 1 aromatic heterocycles. The van der Waals surface area contributed by atoms with Crippen molar-refractivity contribution in [2.75, 3.05) is 19.8 Å². The summed E-state index contributed by atoms with van der Waals surface area (Å²) >= 11 is 0. The van der Waals surface area contributed by atoms with Crippen molar-refractivity contribution in [2.45, 2.75) is 32.2 Å². The first kappa shape index (κ1) is 20.7. The Bertz CT molecular complexity index is 1150. The highest BCUT2D eigenvalue weighted by atomic mass is 16.5. The van der Waals surface area contributed by atoms with Crippen molar-refractivity contribution in [3.63, 3.8) is 0 Å². The smallest absolute Gasteiger partial charge is 0.326 e. The monoisotopic (exact) mass is 424 g/mol. The minimum absolute atomic E-state index is 0.000307. The van der Waals surface area contributed by atoms with Crippen molar-refractivity contribution in [1.82, 2.24) is 9.55 Å². The Balaban J connectivity index is 1.22. The summed E-state index contributed by atoms with van der Waals surface area (Å²) < 4.78 is 18.0. The summed E-state index contributed by atoms with van der Waals surface area (Å²) in [6, 6.07) is 12.5. The lowest BCUT2D eigenvalue weighted by Crippen LogP contribution is -2.18. The maximum Gasteiger partial charge on any atom is 0.326 e. The van der Waals surface area contributed by atoms with Crippen molar-refractivity contribution in [2.24, 2.45) is 0 Å². The van der Waals surface area contributed by atoms with Gasteiger partial charge in [-0.15, -0.1) is 0 Å². The Morgan fingerprint density at radius 1 is 1.03 bits per heavy atom. The number of aromatic nitrogens is 2. The number of carbonyl (C=O) groups is 2. The van der Waals surface area contributed by atoms with Gasteiger partial charge < -0.3 is 19.2 Å². The summed E-state index contributed by atoms with van der Waals surface area (Å²) in [6.07, 6.45) is 1.35. The molecule has 0 bridgehead atoms. The van der Waals surface area contributed by atoms with E-state index in [1.807, 2.05) is 24.3 Å². The number of nitrogens with one attached hydrogen (secondary N) is 1. The second-order valence-corrected chi connectivity index (χ2v) is 7.31. The lowest BCUT2D eigenvalue weighted by Gasteiger charge is -2.09. The molecule has 1 N–H and O–H groups in total. The van der Waals surface area contributed by atoms with Crippen LogP contribution in [0, 0.1) is 0 Å². The molecule has 0 unspecified atom stereocenters. The molecule has 162 valence electrons. The number of fused-ring (bicyclic) bond motifs is 2. The number of esters is 1. The van der Waals surface area contributed by atoms with Gasteiger partial charge in [-0.2, -0.15) is 0 Å². The predicted molar refractivity (Wildman–Crippen MR) is 114 cm³/mol. The summed E-state index contributed by atoms with van der Waals surface area (Å²) in [5.74, 6) is 0.591. The van der Waals surface area contributed by atoms with E-state index in [2.05, 4.69) is 4.98 Å². The molecule has 0 fully saturated rings. The van der Waals surface area contributed by atoms with E-state index in [4.69, 9.17) is 14.2 Å². The number of Topliss-reactive ketones (excluding diaryl/α,β-unsaturated/α-hetero) is 1. The molecular formula is C23H24N2O6. The molecule has 0 saturated heterocycles. The van der Waals surface area contributed by atoms with Crippen molar-refractivity contribution < 1.29 is 23.8 Å². The van der Waals surface area contributed by atoms with Gasteiger partial charge in [-0.05, 0) is 36.8 Å². The van der Waals surface area contributed by atoms with E-state index < -0.39 is 5.97 Å². The van der Waals surface area contributed by atoms with Crippen LogP contribution in [0.25, 0.3) is 11.0 Å². The number of ether oxygens (including phenoxy) is 3. The van der Waals surface area contributed by atoms with E-state index in [-0.39, 0.29) is 30.9 Å². The number of nitrogens with zero attached hydrogens (tertiary/aromatic N) is 1. The molecule has 4 rings (SSSR count). The molecule has 0 radical (unpaired) electrons. The molecule has 3 aromatic rings. The van der Waals surface area contributed by atoms with E-state index in [0.29, 0.717) is 43.2 Å². The number of rotatable bonds is 8. The van der Waals surface area contributed by atoms with Crippen LogP contribution in [-0.4, -0.2) is 41.1 Å². The molecular weight excluding hydrogens is 400 g/mol. The number of aromatic amines is 1. The van der Waals surface area contributed by atoms with Gasteiger partial charge in [0.05, 0.1) is 37.3 Å². The summed E-state index contributed by atoms with van der Waals surface area (Å²) in [5, 5.41) is 0. The number of ketones is 1. The molecule has 1 aliphatic rings. The molecule has 2 heterocycles. The Morgan fingerprint density at radius 2 is 1.84 bits per heavy atom. The van der Waals surface area contributed by atoms with Crippen LogP contribution in [0.3, 0.4) is 0 Å². The SMILES string of the molecule is O=C(CCC(=O)c1ccc2c(c1)OCCCO2)OCCCn1c(=O)[nH]c2ccccc21. The molecule has 0 spiro atoms. The topological polar surface area (TPSA) is 99.6 Å². The normalized spacial score (nSPS) is 13.0. The van der Waals surface area contributed by atoms with Gasteiger partial charge >= 0.3 is 11.7 Å². The van der Waals surface area contributed by atoms with Crippen LogP contribution < -0.4 is 15.2 Å². The van der Waals surface area contributed by atoms with Gasteiger partial charge in [-0.3, -0.25) is 14.2 Å². The predicted octanol–water partition coefficient (Wildman–Crippen LogP) is 3.09. The lowest BCUT2D eigenvalue weighted by molar-refractivity contribution is -0.143. The van der Waals surface area contributed by atoms with Gasteiger partial charge in [-0.25, -0.2) is 4.79 Å². The number of aryl methyl sites for hydroxylation is 1. The van der Waals surface area contributed by atoms with E-state index in [0.717, 1.165) is 17.5 Å². The minimum atomic E-state index is -0.436. The largest absolute Gasteiger partial charge is 0.490 e. The van der Waals surface area contributed by atoms with E-state index in [9.17, 15) is 14.4 Å². The van der Waals surface area contributed by atoms with E-state index in [1.165, 1.54) is 0 Å². The van der Waals surface area contributed by atoms with Crippen LogP contribution in [0.2, 0.25) is 0 Å². The zero-order chi connectivity index (χ0) is 21.6. The fraction of sp³-hybridized carbons (Fsp3) is 0.348. The molecule has 0 atom stereocenters. The standard InChI is InChI=1S/C23H24N2O6/c26-19(16-7-9-20-21(15-16)30-14-4-13-29-20)8-10-22(27)31-12-3-11-25-18-6-2-1-5-17(18)24-23(25)28/h1-2,5-7,9,15H,3-4,8,10-14H2,(H,24,28). The minimum Gasteiger partial charge on any atom is -0.490 e. The molecule has 31 heavy (non-hydrogen) atoms. The van der Waals surface area contributed by atoms with Crippen molar-refractivity contribution in [3.8, 4) is 11.5 Å². The number of imidazole rings is 1. The van der Waals surface area contributed by atoms with E-state index >= 15 is 0 Å². The fourth-order valence-electron chi connectivity index (χ4n) is 3.51.